The van der Waals surface area contributed by atoms with Crippen LogP contribution in [0.25, 0.3) is 0 Å². The Kier molecular flexibility index (Phi) is 6.83. The molecule has 25 heavy (non-hydrogen) atoms. The molecule has 0 spiro atoms. The fourth-order valence-electron chi connectivity index (χ4n) is 2.10. The van der Waals surface area contributed by atoms with Crippen molar-refractivity contribution in [2.45, 2.75) is 20.3 Å². The van der Waals surface area contributed by atoms with Crippen molar-refractivity contribution in [2.75, 3.05) is 13.2 Å². The lowest BCUT2D eigenvalue weighted by molar-refractivity contribution is -0.123. The lowest BCUT2D eigenvalue weighted by Gasteiger charge is -2.12. The maximum Gasteiger partial charge on any atom is 0.276 e. The maximum absolute atomic E-state index is 12.0. The van der Waals surface area contributed by atoms with Gasteiger partial charge in [0.2, 0.25) is 0 Å². The molecule has 132 valence electrons. The molecule has 2 aromatic carbocycles. The molecule has 0 radical (unpaired) electrons. The summed E-state index contributed by atoms with van der Waals surface area (Å²) in [7, 11) is 0. The largest absolute Gasteiger partial charge is 0.490 e. The zero-order valence-electron chi connectivity index (χ0n) is 14.4. The van der Waals surface area contributed by atoms with Gasteiger partial charge in [-0.3, -0.25) is 20.4 Å². The first-order chi connectivity index (χ1) is 12.1. The third kappa shape index (κ3) is 5.53. The van der Waals surface area contributed by atoms with Crippen LogP contribution in [0.15, 0.2) is 48.5 Å². The summed E-state index contributed by atoms with van der Waals surface area (Å²) in [5.74, 6) is 0.225. The van der Waals surface area contributed by atoms with Crippen LogP contribution >= 0.6 is 0 Å². The molecule has 0 saturated heterocycles. The van der Waals surface area contributed by atoms with E-state index in [0.717, 1.165) is 12.0 Å². The number of hydrogen-bond acceptors (Lipinski definition) is 4. The molecule has 6 nitrogen and oxygen atoms in total. The number of aryl methyl sites for hydroxylation is 1. The Morgan fingerprint density at radius 2 is 1.56 bits per heavy atom. The van der Waals surface area contributed by atoms with Crippen molar-refractivity contribution in [3.63, 3.8) is 0 Å². The van der Waals surface area contributed by atoms with Crippen LogP contribution in [0.3, 0.4) is 0 Å². The van der Waals surface area contributed by atoms with Crippen molar-refractivity contribution in [3.8, 4) is 11.5 Å². The first-order valence-corrected chi connectivity index (χ1v) is 8.11. The van der Waals surface area contributed by atoms with Crippen LogP contribution in [0.5, 0.6) is 11.5 Å². The monoisotopic (exact) mass is 342 g/mol. The normalized spacial score (nSPS) is 10.0. The third-order valence-electron chi connectivity index (χ3n) is 3.37. The van der Waals surface area contributed by atoms with Crippen LogP contribution in [-0.2, 0) is 4.79 Å². The summed E-state index contributed by atoms with van der Waals surface area (Å²) in [5.41, 5.74) is 6.04. The second-order valence-electron chi connectivity index (χ2n) is 5.40. The highest BCUT2D eigenvalue weighted by atomic mass is 16.5. The average molecular weight is 342 g/mol. The molecule has 0 aromatic heterocycles. The van der Waals surface area contributed by atoms with Crippen molar-refractivity contribution in [3.05, 3.63) is 59.7 Å². The van der Waals surface area contributed by atoms with Gasteiger partial charge in [-0.1, -0.05) is 37.3 Å². The smallest absolute Gasteiger partial charge is 0.276 e. The molecule has 0 atom stereocenters. The number of ether oxygens (including phenoxy) is 2. The third-order valence-corrected chi connectivity index (χ3v) is 3.37. The molecule has 0 aliphatic carbocycles. The number of hydrogen-bond donors (Lipinski definition) is 2. The van der Waals surface area contributed by atoms with E-state index < -0.39 is 5.91 Å². The van der Waals surface area contributed by atoms with Gasteiger partial charge in [-0.15, -0.1) is 0 Å². The molecule has 6 heteroatoms. The molecule has 0 aliphatic heterocycles. The first kappa shape index (κ1) is 18.3. The van der Waals surface area contributed by atoms with Crippen LogP contribution in [0.1, 0.15) is 29.3 Å². The number of carbonyl (C=O) groups excluding carboxylic acids is 2. The van der Waals surface area contributed by atoms with Crippen molar-refractivity contribution >= 4 is 11.8 Å². The molecule has 2 rings (SSSR count). The van der Waals surface area contributed by atoms with Gasteiger partial charge in [0.05, 0.1) is 6.61 Å². The Morgan fingerprint density at radius 1 is 0.920 bits per heavy atom. The van der Waals surface area contributed by atoms with Gasteiger partial charge in [0.15, 0.2) is 18.1 Å². The van der Waals surface area contributed by atoms with Gasteiger partial charge in [0.1, 0.15) is 0 Å². The zero-order valence-corrected chi connectivity index (χ0v) is 14.4. The van der Waals surface area contributed by atoms with Gasteiger partial charge in [-0.2, -0.15) is 0 Å². The minimum Gasteiger partial charge on any atom is -0.490 e. The van der Waals surface area contributed by atoms with E-state index in [2.05, 4.69) is 10.9 Å². The summed E-state index contributed by atoms with van der Waals surface area (Å²) in [6.07, 6.45) is 0.875. The summed E-state index contributed by atoms with van der Waals surface area (Å²) >= 11 is 0. The topological polar surface area (TPSA) is 76.7 Å². The molecule has 0 bridgehead atoms. The van der Waals surface area contributed by atoms with E-state index in [4.69, 9.17) is 9.47 Å². The van der Waals surface area contributed by atoms with E-state index in [0.29, 0.717) is 23.7 Å². The van der Waals surface area contributed by atoms with E-state index in [1.54, 1.807) is 30.3 Å². The van der Waals surface area contributed by atoms with Crippen molar-refractivity contribution in [1.82, 2.24) is 10.9 Å². The van der Waals surface area contributed by atoms with Gasteiger partial charge in [0, 0.05) is 5.56 Å². The van der Waals surface area contributed by atoms with E-state index in [1.807, 2.05) is 32.0 Å². The molecule has 0 saturated carbocycles. The van der Waals surface area contributed by atoms with Crippen molar-refractivity contribution in [1.29, 1.82) is 0 Å². The average Bonchev–Trinajstić information content (AvgIpc) is 2.63. The molecule has 0 heterocycles. The molecule has 0 aliphatic rings. The van der Waals surface area contributed by atoms with Crippen LogP contribution in [0.2, 0.25) is 0 Å². The number of rotatable bonds is 7. The number of amides is 2. The van der Waals surface area contributed by atoms with Gasteiger partial charge in [-0.25, -0.2) is 0 Å². The van der Waals surface area contributed by atoms with E-state index in [9.17, 15) is 9.59 Å². The van der Waals surface area contributed by atoms with Gasteiger partial charge >= 0.3 is 0 Å². The quantitative estimate of drug-likeness (QED) is 0.759. The van der Waals surface area contributed by atoms with Gasteiger partial charge in [-0.05, 0) is 37.1 Å². The lowest BCUT2D eigenvalue weighted by atomic mass is 10.1. The number of benzene rings is 2. The Labute approximate surface area is 147 Å². The number of carbonyl (C=O) groups is 2. The minimum absolute atomic E-state index is 0.236. The van der Waals surface area contributed by atoms with Crippen molar-refractivity contribution < 1.29 is 19.1 Å². The summed E-state index contributed by atoms with van der Waals surface area (Å²) in [6, 6.07) is 14.3. The van der Waals surface area contributed by atoms with Gasteiger partial charge < -0.3 is 9.47 Å². The highest BCUT2D eigenvalue weighted by Crippen LogP contribution is 2.26. The summed E-state index contributed by atoms with van der Waals surface area (Å²) in [4.78, 5) is 23.9. The SMILES string of the molecule is CCCOc1ccccc1OCC(=O)NNC(=O)c1ccccc1C. The van der Waals surface area contributed by atoms with Gasteiger partial charge in [0.25, 0.3) is 11.8 Å². The molecular weight excluding hydrogens is 320 g/mol. The van der Waals surface area contributed by atoms with Crippen LogP contribution in [0.4, 0.5) is 0 Å². The van der Waals surface area contributed by atoms with Crippen molar-refractivity contribution in [2.24, 2.45) is 0 Å². The predicted octanol–water partition coefficient (Wildman–Crippen LogP) is 2.62. The summed E-state index contributed by atoms with van der Waals surface area (Å²) in [6.45, 7) is 4.17. The zero-order chi connectivity index (χ0) is 18.1. The maximum atomic E-state index is 12.0. The molecule has 2 aromatic rings. The standard InChI is InChI=1S/C19H22N2O4/c1-3-12-24-16-10-6-7-11-17(16)25-13-18(22)20-21-19(23)15-9-5-4-8-14(15)2/h4-11H,3,12-13H2,1-2H3,(H,20,22)(H,21,23). The molecular formula is C19H22N2O4. The fourth-order valence-corrected chi connectivity index (χ4v) is 2.10. The summed E-state index contributed by atoms with van der Waals surface area (Å²) in [5, 5.41) is 0. The highest BCUT2D eigenvalue weighted by Gasteiger charge is 2.11. The first-order valence-electron chi connectivity index (χ1n) is 8.11. The van der Waals surface area contributed by atoms with E-state index >= 15 is 0 Å². The second kappa shape index (κ2) is 9.32. The van der Waals surface area contributed by atoms with Crippen LogP contribution in [0, 0.1) is 6.92 Å². The summed E-state index contributed by atoms with van der Waals surface area (Å²) < 4.78 is 11.0. The number of nitrogens with one attached hydrogen (secondary N) is 2. The fraction of sp³-hybridized carbons (Fsp3) is 0.263. The van der Waals surface area contributed by atoms with Crippen LogP contribution < -0.4 is 20.3 Å². The van der Waals surface area contributed by atoms with E-state index in [-0.39, 0.29) is 12.5 Å². The predicted molar refractivity (Wildman–Crippen MR) is 94.5 cm³/mol. The minimum atomic E-state index is -0.466. The second-order valence-corrected chi connectivity index (χ2v) is 5.40. The lowest BCUT2D eigenvalue weighted by Crippen LogP contribution is -2.44. The Bertz CT molecular complexity index is 731. The molecule has 0 fully saturated rings. The molecule has 0 unspecified atom stereocenters. The Balaban J connectivity index is 1.83. The highest BCUT2D eigenvalue weighted by molar-refractivity contribution is 5.96. The van der Waals surface area contributed by atoms with Crippen LogP contribution in [-0.4, -0.2) is 25.0 Å². The molecule has 2 N–H and O–H groups in total. The Hall–Kier alpha value is -3.02. The molecule has 2 amide bonds. The number of para-hydroxylation sites is 2. The number of hydrazine groups is 1. The Morgan fingerprint density at radius 3 is 2.24 bits per heavy atom. The van der Waals surface area contributed by atoms with E-state index in [1.165, 1.54) is 0 Å².